The molecule has 0 spiro atoms. The lowest BCUT2D eigenvalue weighted by Crippen LogP contribution is -2.49. The van der Waals surface area contributed by atoms with Crippen LogP contribution in [-0.4, -0.2) is 50.3 Å². The van der Waals surface area contributed by atoms with Crippen molar-refractivity contribution in [1.82, 2.24) is 9.21 Å². The number of hydrogen-bond acceptors (Lipinski definition) is 3. The summed E-state index contributed by atoms with van der Waals surface area (Å²) in [5.41, 5.74) is 0. The fraction of sp³-hybridized carbons (Fsp3) is 0.556. The highest BCUT2D eigenvalue weighted by atomic mass is 35.5. The van der Waals surface area contributed by atoms with Gasteiger partial charge in [0.15, 0.2) is 0 Å². The Hall–Kier alpha value is -0.880. The Morgan fingerprint density at radius 1 is 1.00 bits per heavy atom. The molecule has 1 aliphatic heterocycles. The van der Waals surface area contributed by atoms with E-state index in [0.29, 0.717) is 23.0 Å². The lowest BCUT2D eigenvalue weighted by molar-refractivity contribution is 0.156. The van der Waals surface area contributed by atoms with Crippen molar-refractivity contribution in [2.24, 2.45) is 17.8 Å². The molecule has 1 heterocycles. The number of nitrogens with zero attached hydrogens (tertiary/aromatic N) is 2. The average molecular weight is 367 g/mol. The maximum atomic E-state index is 12.7. The normalized spacial score (nSPS) is 31.0. The van der Waals surface area contributed by atoms with Crippen LogP contribution in [0.4, 0.5) is 0 Å². The van der Waals surface area contributed by atoms with Gasteiger partial charge in [-0.15, -0.1) is 0 Å². The van der Waals surface area contributed by atoms with Gasteiger partial charge in [0.1, 0.15) is 0 Å². The van der Waals surface area contributed by atoms with Crippen molar-refractivity contribution < 1.29 is 8.42 Å². The molecule has 0 radical (unpaired) electrons. The summed E-state index contributed by atoms with van der Waals surface area (Å²) in [6, 6.07) is 6.44. The molecule has 1 saturated heterocycles. The van der Waals surface area contributed by atoms with E-state index in [0.717, 1.165) is 37.4 Å². The van der Waals surface area contributed by atoms with Crippen molar-refractivity contribution in [2.75, 3.05) is 32.7 Å². The molecular formula is C18H23ClN2O2S. The highest BCUT2D eigenvalue weighted by molar-refractivity contribution is 7.89. The molecule has 2 fully saturated rings. The highest BCUT2D eigenvalue weighted by Gasteiger charge is 2.37. The molecule has 130 valence electrons. The van der Waals surface area contributed by atoms with Gasteiger partial charge in [0.05, 0.1) is 4.90 Å². The predicted molar refractivity (Wildman–Crippen MR) is 95.5 cm³/mol. The standard InChI is InChI=1S/C18H23ClN2O2S/c19-17-3-5-18(6-4-17)24(22,23)21-9-7-20(8-10-21)13-16-12-14-1-2-15(16)11-14/h1-6,14-16H,7-13H2/t14-,15+,16+/m0/s1. The lowest BCUT2D eigenvalue weighted by atomic mass is 9.93. The topological polar surface area (TPSA) is 40.6 Å². The van der Waals surface area contributed by atoms with Crippen LogP contribution in [0.5, 0.6) is 0 Å². The summed E-state index contributed by atoms with van der Waals surface area (Å²) in [5.74, 6) is 2.32. The first-order valence-corrected chi connectivity index (χ1v) is 10.5. The van der Waals surface area contributed by atoms with Gasteiger partial charge in [-0.2, -0.15) is 4.31 Å². The van der Waals surface area contributed by atoms with Crippen molar-refractivity contribution in [3.63, 3.8) is 0 Å². The van der Waals surface area contributed by atoms with Gasteiger partial charge in [0, 0.05) is 37.7 Å². The molecule has 6 heteroatoms. The summed E-state index contributed by atoms with van der Waals surface area (Å²) in [7, 11) is -3.40. The van der Waals surface area contributed by atoms with Crippen LogP contribution in [0, 0.1) is 17.8 Å². The first kappa shape index (κ1) is 16.6. The smallest absolute Gasteiger partial charge is 0.243 e. The maximum Gasteiger partial charge on any atom is 0.243 e. The zero-order valence-electron chi connectivity index (χ0n) is 13.6. The van der Waals surface area contributed by atoms with E-state index < -0.39 is 10.0 Å². The maximum absolute atomic E-state index is 12.7. The van der Waals surface area contributed by atoms with E-state index in [9.17, 15) is 8.42 Å². The number of hydrogen-bond donors (Lipinski definition) is 0. The van der Waals surface area contributed by atoms with Crippen molar-refractivity contribution in [3.8, 4) is 0 Å². The molecule has 24 heavy (non-hydrogen) atoms. The minimum Gasteiger partial charge on any atom is -0.300 e. The third kappa shape index (κ3) is 3.15. The van der Waals surface area contributed by atoms with E-state index in [1.165, 1.54) is 12.8 Å². The van der Waals surface area contributed by atoms with E-state index in [-0.39, 0.29) is 0 Å². The van der Waals surface area contributed by atoms with E-state index in [2.05, 4.69) is 17.1 Å². The summed E-state index contributed by atoms with van der Waals surface area (Å²) >= 11 is 5.85. The van der Waals surface area contributed by atoms with E-state index in [1.54, 1.807) is 28.6 Å². The number of allylic oxidation sites excluding steroid dienone is 2. The Kier molecular flexibility index (Phi) is 4.45. The molecule has 0 unspecified atom stereocenters. The van der Waals surface area contributed by atoms with E-state index >= 15 is 0 Å². The molecular weight excluding hydrogens is 344 g/mol. The quantitative estimate of drug-likeness (QED) is 0.769. The van der Waals surface area contributed by atoms with Crippen molar-refractivity contribution in [2.45, 2.75) is 17.7 Å². The van der Waals surface area contributed by atoms with Crippen LogP contribution in [0.2, 0.25) is 5.02 Å². The van der Waals surface area contributed by atoms with Gasteiger partial charge in [-0.05, 0) is 54.9 Å². The molecule has 3 atom stereocenters. The average Bonchev–Trinajstić information content (AvgIpc) is 3.19. The van der Waals surface area contributed by atoms with Crippen LogP contribution in [-0.2, 0) is 10.0 Å². The molecule has 0 amide bonds. The second-order valence-corrected chi connectivity index (χ2v) is 9.57. The molecule has 0 aromatic heterocycles. The number of sulfonamides is 1. The van der Waals surface area contributed by atoms with Gasteiger partial charge in [-0.1, -0.05) is 23.8 Å². The Bertz CT molecular complexity index is 724. The minimum absolute atomic E-state index is 0.332. The fourth-order valence-corrected chi connectivity index (χ4v) is 5.89. The van der Waals surface area contributed by atoms with Crippen LogP contribution in [0.1, 0.15) is 12.8 Å². The largest absolute Gasteiger partial charge is 0.300 e. The zero-order valence-corrected chi connectivity index (χ0v) is 15.2. The van der Waals surface area contributed by atoms with Gasteiger partial charge in [0.2, 0.25) is 10.0 Å². The van der Waals surface area contributed by atoms with Crippen LogP contribution in [0.25, 0.3) is 0 Å². The van der Waals surface area contributed by atoms with Crippen molar-refractivity contribution >= 4 is 21.6 Å². The Balaban J connectivity index is 1.35. The summed E-state index contributed by atoms with van der Waals surface area (Å²) in [4.78, 5) is 2.77. The molecule has 1 aromatic carbocycles. The third-order valence-corrected chi connectivity index (χ3v) is 7.86. The van der Waals surface area contributed by atoms with Crippen LogP contribution in [0.3, 0.4) is 0 Å². The molecule has 4 rings (SSSR count). The van der Waals surface area contributed by atoms with E-state index in [4.69, 9.17) is 11.6 Å². The first-order valence-electron chi connectivity index (χ1n) is 8.69. The van der Waals surface area contributed by atoms with Crippen LogP contribution in [0.15, 0.2) is 41.3 Å². The van der Waals surface area contributed by atoms with Gasteiger partial charge in [-0.3, -0.25) is 0 Å². The van der Waals surface area contributed by atoms with Gasteiger partial charge >= 0.3 is 0 Å². The summed E-state index contributed by atoms with van der Waals surface area (Å²) in [5, 5.41) is 0.554. The number of benzene rings is 1. The molecule has 1 aromatic rings. The summed E-state index contributed by atoms with van der Waals surface area (Å²) in [6.45, 7) is 3.90. The molecule has 2 bridgehead atoms. The zero-order chi connectivity index (χ0) is 16.7. The summed E-state index contributed by atoms with van der Waals surface area (Å²) < 4.78 is 27.0. The molecule has 3 aliphatic rings. The van der Waals surface area contributed by atoms with Gasteiger partial charge < -0.3 is 4.90 Å². The predicted octanol–water partition coefficient (Wildman–Crippen LogP) is 2.86. The monoisotopic (exact) mass is 366 g/mol. The fourth-order valence-electron chi connectivity index (χ4n) is 4.34. The van der Waals surface area contributed by atoms with Crippen LogP contribution < -0.4 is 0 Å². The Morgan fingerprint density at radius 3 is 2.29 bits per heavy atom. The molecule has 4 nitrogen and oxygen atoms in total. The molecule has 0 N–H and O–H groups in total. The van der Waals surface area contributed by atoms with Crippen molar-refractivity contribution in [3.05, 3.63) is 41.4 Å². The van der Waals surface area contributed by atoms with E-state index in [1.807, 2.05) is 0 Å². The molecule has 2 aliphatic carbocycles. The number of fused-ring (bicyclic) bond motifs is 2. The Morgan fingerprint density at radius 2 is 1.71 bits per heavy atom. The number of halogens is 1. The third-order valence-electron chi connectivity index (χ3n) is 5.69. The SMILES string of the molecule is O=S(=O)(c1ccc(Cl)cc1)N1CCN(C[C@H]2C[C@H]3C=C[C@@H]2C3)CC1. The minimum atomic E-state index is -3.40. The van der Waals surface area contributed by atoms with Crippen molar-refractivity contribution in [1.29, 1.82) is 0 Å². The van der Waals surface area contributed by atoms with Gasteiger partial charge in [0.25, 0.3) is 0 Å². The molecule has 1 saturated carbocycles. The summed E-state index contributed by atoms with van der Waals surface area (Å²) in [6.07, 6.45) is 7.40. The van der Waals surface area contributed by atoms with Crippen LogP contribution >= 0.6 is 11.6 Å². The van der Waals surface area contributed by atoms with Gasteiger partial charge in [-0.25, -0.2) is 8.42 Å². The first-order chi connectivity index (χ1) is 11.5. The second-order valence-electron chi connectivity index (χ2n) is 7.20. The number of rotatable bonds is 4. The lowest BCUT2D eigenvalue weighted by Gasteiger charge is -2.36. The number of piperazine rings is 1. The second kappa shape index (κ2) is 6.45. The highest BCUT2D eigenvalue weighted by Crippen LogP contribution is 2.43. The Labute approximate surface area is 149 Å².